The Labute approximate surface area is 143 Å². The van der Waals surface area contributed by atoms with Crippen molar-refractivity contribution in [1.29, 1.82) is 0 Å². The van der Waals surface area contributed by atoms with E-state index in [1.165, 1.54) is 0 Å². The van der Waals surface area contributed by atoms with E-state index in [1.54, 1.807) is 15.9 Å². The van der Waals surface area contributed by atoms with Crippen molar-refractivity contribution >= 4 is 37.6 Å². The maximum absolute atomic E-state index is 12.6. The van der Waals surface area contributed by atoms with Crippen molar-refractivity contribution in [3.05, 3.63) is 34.6 Å². The Morgan fingerprint density at radius 1 is 1.29 bits per heavy atom. The van der Waals surface area contributed by atoms with Crippen LogP contribution in [0.3, 0.4) is 0 Å². The number of fused-ring (bicyclic) bond motifs is 3. The van der Waals surface area contributed by atoms with Gasteiger partial charge in [-0.15, -0.1) is 11.3 Å². The van der Waals surface area contributed by atoms with E-state index in [-0.39, 0.29) is 5.56 Å². The predicted octanol–water partition coefficient (Wildman–Crippen LogP) is 1.89. The highest BCUT2D eigenvalue weighted by Gasteiger charge is 2.14. The van der Waals surface area contributed by atoms with E-state index in [0.29, 0.717) is 12.4 Å². The zero-order chi connectivity index (χ0) is 16.5. The van der Waals surface area contributed by atoms with Crippen molar-refractivity contribution in [2.45, 2.75) is 0 Å². The van der Waals surface area contributed by atoms with Crippen molar-refractivity contribution < 1.29 is 4.74 Å². The van der Waals surface area contributed by atoms with Crippen LogP contribution in [0.4, 0.5) is 5.82 Å². The number of anilines is 1. The van der Waals surface area contributed by atoms with E-state index in [9.17, 15) is 4.79 Å². The average molecular weight is 344 g/mol. The van der Waals surface area contributed by atoms with E-state index < -0.39 is 0 Å². The van der Waals surface area contributed by atoms with Crippen LogP contribution in [0.5, 0.6) is 0 Å². The van der Waals surface area contributed by atoms with E-state index >= 15 is 0 Å². The zero-order valence-corrected chi connectivity index (χ0v) is 14.4. The van der Waals surface area contributed by atoms with Gasteiger partial charge in [-0.3, -0.25) is 9.69 Å². The Bertz CT molecular complexity index is 927. The fraction of sp³-hybridized carbons (Fsp3) is 0.412. The standard InChI is InChI=1S/C17H20N4O2S/c1-20-14-12-4-2-3-5-13(12)24-16(14)19-15(17(20)22)18-6-7-21-8-10-23-11-9-21/h2-5H,6-11H2,1H3,(H,18,19). The third-order valence-electron chi connectivity index (χ3n) is 4.43. The molecule has 3 aromatic rings. The molecule has 0 bridgehead atoms. The van der Waals surface area contributed by atoms with Crippen LogP contribution in [0.15, 0.2) is 29.1 Å². The molecule has 1 aliphatic rings. The summed E-state index contributed by atoms with van der Waals surface area (Å²) in [5.74, 6) is 0.435. The number of morpholine rings is 1. The molecule has 0 unspecified atom stereocenters. The van der Waals surface area contributed by atoms with Gasteiger partial charge in [-0.05, 0) is 6.07 Å². The minimum absolute atomic E-state index is 0.0759. The monoisotopic (exact) mass is 344 g/mol. The molecule has 0 atom stereocenters. The fourth-order valence-corrected chi connectivity index (χ4v) is 4.21. The van der Waals surface area contributed by atoms with Gasteiger partial charge in [0.25, 0.3) is 5.56 Å². The van der Waals surface area contributed by atoms with E-state index in [0.717, 1.165) is 53.3 Å². The van der Waals surface area contributed by atoms with Gasteiger partial charge >= 0.3 is 0 Å². The van der Waals surface area contributed by atoms with Crippen molar-refractivity contribution in [3.8, 4) is 0 Å². The Hall–Kier alpha value is -1.96. The molecule has 1 saturated heterocycles. The molecular formula is C17H20N4O2S. The second kappa shape index (κ2) is 6.51. The molecule has 4 rings (SSSR count). The van der Waals surface area contributed by atoms with Crippen molar-refractivity contribution in [2.24, 2.45) is 7.05 Å². The number of nitrogens with zero attached hydrogens (tertiary/aromatic N) is 3. The number of benzene rings is 1. The number of aryl methyl sites for hydroxylation is 1. The average Bonchev–Trinajstić information content (AvgIpc) is 2.98. The van der Waals surface area contributed by atoms with Gasteiger partial charge in [-0.25, -0.2) is 4.98 Å². The first kappa shape index (κ1) is 15.6. The highest BCUT2D eigenvalue weighted by Crippen LogP contribution is 2.31. The maximum atomic E-state index is 12.6. The van der Waals surface area contributed by atoms with Crippen LogP contribution in [0, 0.1) is 0 Å². The summed E-state index contributed by atoms with van der Waals surface area (Å²) in [5, 5.41) is 4.30. The van der Waals surface area contributed by atoms with Crippen molar-refractivity contribution in [3.63, 3.8) is 0 Å². The lowest BCUT2D eigenvalue weighted by molar-refractivity contribution is 0.0398. The Morgan fingerprint density at radius 2 is 2.08 bits per heavy atom. The highest BCUT2D eigenvalue weighted by atomic mass is 32.1. The van der Waals surface area contributed by atoms with Crippen molar-refractivity contribution in [1.82, 2.24) is 14.5 Å². The number of hydrogen-bond acceptors (Lipinski definition) is 6. The lowest BCUT2D eigenvalue weighted by Gasteiger charge is -2.26. The molecule has 126 valence electrons. The quantitative estimate of drug-likeness (QED) is 0.783. The number of ether oxygens (including phenoxy) is 1. The first-order valence-electron chi connectivity index (χ1n) is 8.16. The molecule has 0 radical (unpaired) electrons. The number of hydrogen-bond donors (Lipinski definition) is 1. The molecular weight excluding hydrogens is 324 g/mol. The lowest BCUT2D eigenvalue weighted by Crippen LogP contribution is -2.39. The normalized spacial score (nSPS) is 16.0. The fourth-order valence-electron chi connectivity index (χ4n) is 3.10. The molecule has 1 aliphatic heterocycles. The molecule has 1 aromatic carbocycles. The van der Waals surface area contributed by atoms with Gasteiger partial charge in [0.15, 0.2) is 5.82 Å². The molecule has 0 spiro atoms. The van der Waals surface area contributed by atoms with Crippen LogP contribution in [0.25, 0.3) is 20.4 Å². The molecule has 6 nitrogen and oxygen atoms in total. The molecule has 7 heteroatoms. The molecule has 1 N–H and O–H groups in total. The van der Waals surface area contributed by atoms with Crippen LogP contribution in [-0.4, -0.2) is 53.8 Å². The van der Waals surface area contributed by atoms with E-state index in [2.05, 4.69) is 21.3 Å². The van der Waals surface area contributed by atoms with Gasteiger partial charge in [-0.2, -0.15) is 0 Å². The van der Waals surface area contributed by atoms with Gasteiger partial charge in [0.05, 0.1) is 18.7 Å². The summed E-state index contributed by atoms with van der Waals surface area (Å²) in [7, 11) is 1.82. The molecule has 24 heavy (non-hydrogen) atoms. The van der Waals surface area contributed by atoms with E-state index in [4.69, 9.17) is 4.74 Å². The number of thiophene rings is 1. The summed E-state index contributed by atoms with van der Waals surface area (Å²) < 4.78 is 8.21. The Balaban J connectivity index is 1.60. The second-order valence-corrected chi connectivity index (χ2v) is 6.99. The molecule has 3 heterocycles. The number of rotatable bonds is 4. The minimum Gasteiger partial charge on any atom is -0.379 e. The smallest absolute Gasteiger partial charge is 0.293 e. The van der Waals surface area contributed by atoms with Crippen LogP contribution >= 0.6 is 11.3 Å². The summed E-state index contributed by atoms with van der Waals surface area (Å²) in [6, 6.07) is 8.11. The van der Waals surface area contributed by atoms with Gasteiger partial charge in [0, 0.05) is 43.3 Å². The predicted molar refractivity (Wildman–Crippen MR) is 98.1 cm³/mol. The summed E-state index contributed by atoms with van der Waals surface area (Å²) in [5.41, 5.74) is 0.840. The molecule has 2 aromatic heterocycles. The Kier molecular flexibility index (Phi) is 4.22. The van der Waals surface area contributed by atoms with Crippen LogP contribution in [0.2, 0.25) is 0 Å². The number of aromatic nitrogens is 2. The first-order valence-corrected chi connectivity index (χ1v) is 8.98. The topological polar surface area (TPSA) is 59.4 Å². The first-order chi connectivity index (χ1) is 11.7. The summed E-state index contributed by atoms with van der Waals surface area (Å²) in [6.07, 6.45) is 0. The molecule has 0 aliphatic carbocycles. The largest absolute Gasteiger partial charge is 0.379 e. The third-order valence-corrected chi connectivity index (χ3v) is 5.49. The van der Waals surface area contributed by atoms with Gasteiger partial charge in [-0.1, -0.05) is 18.2 Å². The summed E-state index contributed by atoms with van der Waals surface area (Å²) >= 11 is 1.62. The lowest BCUT2D eigenvalue weighted by atomic mass is 10.2. The van der Waals surface area contributed by atoms with Crippen molar-refractivity contribution in [2.75, 3.05) is 44.7 Å². The second-order valence-electron chi connectivity index (χ2n) is 5.96. The minimum atomic E-state index is -0.0759. The molecule has 1 fully saturated rings. The Morgan fingerprint density at radius 3 is 2.92 bits per heavy atom. The van der Waals surface area contributed by atoms with Crippen LogP contribution in [-0.2, 0) is 11.8 Å². The summed E-state index contributed by atoms with van der Waals surface area (Å²) in [4.78, 5) is 20.4. The van der Waals surface area contributed by atoms with Crippen LogP contribution < -0.4 is 10.9 Å². The maximum Gasteiger partial charge on any atom is 0.293 e. The highest BCUT2D eigenvalue weighted by molar-refractivity contribution is 7.25. The van der Waals surface area contributed by atoms with E-state index in [1.807, 2.05) is 25.2 Å². The van der Waals surface area contributed by atoms with Crippen LogP contribution in [0.1, 0.15) is 0 Å². The van der Waals surface area contributed by atoms with Gasteiger partial charge < -0.3 is 14.6 Å². The molecule has 0 saturated carbocycles. The third kappa shape index (κ3) is 2.79. The number of nitrogens with one attached hydrogen (secondary N) is 1. The zero-order valence-electron chi connectivity index (χ0n) is 13.6. The van der Waals surface area contributed by atoms with Gasteiger partial charge in [0.1, 0.15) is 4.83 Å². The SMILES string of the molecule is Cn1c(=O)c(NCCN2CCOCC2)nc2sc3ccccc3c21. The summed E-state index contributed by atoms with van der Waals surface area (Å²) in [6.45, 7) is 5.06. The molecule has 0 amide bonds. The van der Waals surface area contributed by atoms with Gasteiger partial charge in [0.2, 0.25) is 0 Å².